The lowest BCUT2D eigenvalue weighted by atomic mass is 10.2. The summed E-state index contributed by atoms with van der Waals surface area (Å²) in [6.45, 7) is 6.68. The molecule has 1 aliphatic rings. The third-order valence-corrected chi connectivity index (χ3v) is 6.93. The molecule has 0 atom stereocenters. The number of thiophene rings is 1. The third kappa shape index (κ3) is 5.46. The first kappa shape index (κ1) is 23.9. The monoisotopic (exact) mass is 482 g/mol. The molecule has 34 heavy (non-hydrogen) atoms. The maximum Gasteiger partial charge on any atom is 0.330 e. The fourth-order valence-electron chi connectivity index (χ4n) is 4.23. The standard InChI is InChI=1S/C24H30N6O3S/c1-2-29(20(31)17-28-12-10-27(11-13-28)16-19-9-6-14-34-19)21-22(25)30(24(33)26-23(21)32)15-18-7-4-3-5-8-18/h3-9,14H,2,10-13,15-17,25H2,1H3,(H,26,32,33). The highest BCUT2D eigenvalue weighted by molar-refractivity contribution is 7.09. The Labute approximate surface area is 202 Å². The summed E-state index contributed by atoms with van der Waals surface area (Å²) in [6, 6.07) is 13.6. The van der Waals surface area contributed by atoms with E-state index in [1.165, 1.54) is 14.3 Å². The molecule has 0 bridgehead atoms. The van der Waals surface area contributed by atoms with Gasteiger partial charge < -0.3 is 10.6 Å². The molecule has 0 spiro atoms. The first-order valence-corrected chi connectivity index (χ1v) is 12.3. The summed E-state index contributed by atoms with van der Waals surface area (Å²) >= 11 is 1.75. The van der Waals surface area contributed by atoms with E-state index in [0.29, 0.717) is 0 Å². The average Bonchev–Trinajstić information content (AvgIpc) is 3.34. The van der Waals surface area contributed by atoms with Crippen LogP contribution in [0.5, 0.6) is 0 Å². The molecular formula is C24H30N6O3S. The highest BCUT2D eigenvalue weighted by atomic mass is 32.1. The molecular weight excluding hydrogens is 452 g/mol. The largest absolute Gasteiger partial charge is 0.383 e. The van der Waals surface area contributed by atoms with E-state index in [1.54, 1.807) is 18.3 Å². The van der Waals surface area contributed by atoms with Gasteiger partial charge in [-0.3, -0.25) is 28.9 Å². The van der Waals surface area contributed by atoms with E-state index in [1.807, 2.05) is 30.3 Å². The minimum atomic E-state index is -0.650. The Bertz CT molecular complexity index is 1210. The van der Waals surface area contributed by atoms with E-state index in [4.69, 9.17) is 5.73 Å². The van der Waals surface area contributed by atoms with Crippen molar-refractivity contribution in [2.45, 2.75) is 20.0 Å². The number of nitrogens with two attached hydrogens (primary N) is 1. The summed E-state index contributed by atoms with van der Waals surface area (Å²) in [5.41, 5.74) is 5.94. The second kappa shape index (κ2) is 10.8. The molecule has 3 N–H and O–H groups in total. The average molecular weight is 483 g/mol. The van der Waals surface area contributed by atoms with E-state index < -0.39 is 11.2 Å². The predicted octanol–water partition coefficient (Wildman–Crippen LogP) is 1.40. The number of nitrogen functional groups attached to an aromatic ring is 1. The van der Waals surface area contributed by atoms with Crippen LogP contribution in [0.4, 0.5) is 11.5 Å². The van der Waals surface area contributed by atoms with Crippen LogP contribution in [0.25, 0.3) is 0 Å². The summed E-state index contributed by atoms with van der Waals surface area (Å²) in [7, 11) is 0. The van der Waals surface area contributed by atoms with E-state index in [9.17, 15) is 14.4 Å². The van der Waals surface area contributed by atoms with Crippen LogP contribution < -0.4 is 21.9 Å². The molecule has 9 nitrogen and oxygen atoms in total. The smallest absolute Gasteiger partial charge is 0.330 e. The lowest BCUT2D eigenvalue weighted by molar-refractivity contribution is -0.120. The Balaban J connectivity index is 1.46. The minimum absolute atomic E-state index is 0.00595. The fourth-order valence-corrected chi connectivity index (χ4v) is 4.97. The van der Waals surface area contributed by atoms with Crippen LogP contribution in [0.2, 0.25) is 0 Å². The van der Waals surface area contributed by atoms with Gasteiger partial charge in [0.1, 0.15) is 5.82 Å². The number of piperazine rings is 1. The zero-order valence-corrected chi connectivity index (χ0v) is 20.1. The molecule has 3 aromatic rings. The van der Waals surface area contributed by atoms with Gasteiger partial charge in [0.25, 0.3) is 5.56 Å². The van der Waals surface area contributed by atoms with Gasteiger partial charge in [-0.15, -0.1) is 11.3 Å². The van der Waals surface area contributed by atoms with Gasteiger partial charge in [-0.1, -0.05) is 36.4 Å². The van der Waals surface area contributed by atoms with Crippen molar-refractivity contribution in [3.63, 3.8) is 0 Å². The van der Waals surface area contributed by atoms with E-state index in [0.717, 1.165) is 38.3 Å². The molecule has 1 amide bonds. The normalized spacial score (nSPS) is 14.9. The Hall–Kier alpha value is -3.21. The van der Waals surface area contributed by atoms with Crippen LogP contribution in [0.15, 0.2) is 57.4 Å². The Morgan fingerprint density at radius 3 is 2.38 bits per heavy atom. The summed E-state index contributed by atoms with van der Waals surface area (Å²) in [6.07, 6.45) is 0. The Morgan fingerprint density at radius 1 is 1.03 bits per heavy atom. The maximum atomic E-state index is 13.2. The Kier molecular flexibility index (Phi) is 7.61. The second-order valence-electron chi connectivity index (χ2n) is 8.33. The highest BCUT2D eigenvalue weighted by Crippen LogP contribution is 2.19. The first-order chi connectivity index (χ1) is 16.5. The van der Waals surface area contributed by atoms with Gasteiger partial charge in [-0.05, 0) is 23.9 Å². The molecule has 0 saturated carbocycles. The molecule has 0 unspecified atom stereocenters. The van der Waals surface area contributed by atoms with Crippen molar-refractivity contribution in [1.29, 1.82) is 0 Å². The zero-order valence-electron chi connectivity index (χ0n) is 19.3. The van der Waals surface area contributed by atoms with Crippen molar-refractivity contribution in [1.82, 2.24) is 19.4 Å². The number of aromatic nitrogens is 2. The summed E-state index contributed by atoms with van der Waals surface area (Å²) in [4.78, 5) is 47.9. The fraction of sp³-hybridized carbons (Fsp3) is 0.375. The number of H-pyrrole nitrogens is 1. The SMILES string of the molecule is CCN(C(=O)CN1CCN(Cc2cccs2)CC1)c1c(N)n(Cc2ccccc2)c(=O)[nH]c1=O. The topological polar surface area (TPSA) is 108 Å². The molecule has 1 saturated heterocycles. The van der Waals surface area contributed by atoms with Crippen LogP contribution in [0.3, 0.4) is 0 Å². The number of nitrogens with zero attached hydrogens (tertiary/aromatic N) is 4. The van der Waals surface area contributed by atoms with E-state index in [-0.39, 0.29) is 37.0 Å². The number of hydrogen-bond acceptors (Lipinski definition) is 7. The number of carbonyl (C=O) groups is 1. The van der Waals surface area contributed by atoms with Crippen molar-refractivity contribution in [3.8, 4) is 0 Å². The number of hydrogen-bond donors (Lipinski definition) is 2. The molecule has 3 heterocycles. The van der Waals surface area contributed by atoms with Crippen LogP contribution in [-0.2, 0) is 17.9 Å². The van der Waals surface area contributed by atoms with Crippen LogP contribution >= 0.6 is 11.3 Å². The van der Waals surface area contributed by atoms with Crippen molar-refractivity contribution in [3.05, 3.63) is 79.1 Å². The van der Waals surface area contributed by atoms with E-state index in [2.05, 4.69) is 32.3 Å². The number of amides is 1. The quantitative estimate of drug-likeness (QED) is 0.503. The van der Waals surface area contributed by atoms with Gasteiger partial charge in [0, 0.05) is 44.1 Å². The van der Waals surface area contributed by atoms with Gasteiger partial charge in [-0.25, -0.2) is 4.79 Å². The number of carbonyl (C=O) groups excluding carboxylic acids is 1. The molecule has 4 rings (SSSR count). The number of rotatable bonds is 8. The molecule has 1 aromatic carbocycles. The third-order valence-electron chi connectivity index (χ3n) is 6.07. The lowest BCUT2D eigenvalue weighted by Crippen LogP contribution is -2.50. The number of nitrogens with one attached hydrogen (secondary N) is 1. The molecule has 1 aliphatic heterocycles. The lowest BCUT2D eigenvalue weighted by Gasteiger charge is -2.35. The molecule has 1 fully saturated rings. The zero-order chi connectivity index (χ0) is 24.1. The van der Waals surface area contributed by atoms with Gasteiger partial charge >= 0.3 is 5.69 Å². The van der Waals surface area contributed by atoms with Gasteiger partial charge in [0.05, 0.1) is 13.1 Å². The summed E-state index contributed by atoms with van der Waals surface area (Å²) in [5, 5.41) is 2.08. The number of likely N-dealkylation sites (N-methyl/N-ethyl adjacent to an activating group) is 1. The van der Waals surface area contributed by atoms with Crippen LogP contribution in [0, 0.1) is 0 Å². The van der Waals surface area contributed by atoms with Crippen molar-refractivity contribution >= 4 is 28.7 Å². The maximum absolute atomic E-state index is 13.2. The minimum Gasteiger partial charge on any atom is -0.383 e. The summed E-state index contributed by atoms with van der Waals surface area (Å²) < 4.78 is 1.30. The second-order valence-corrected chi connectivity index (χ2v) is 9.37. The van der Waals surface area contributed by atoms with Gasteiger partial charge in [0.15, 0.2) is 5.69 Å². The van der Waals surface area contributed by atoms with Gasteiger partial charge in [-0.2, -0.15) is 0 Å². The molecule has 10 heteroatoms. The van der Waals surface area contributed by atoms with Gasteiger partial charge in [0.2, 0.25) is 5.91 Å². The highest BCUT2D eigenvalue weighted by Gasteiger charge is 2.26. The predicted molar refractivity (Wildman–Crippen MR) is 135 cm³/mol. The van der Waals surface area contributed by atoms with Crippen LogP contribution in [0.1, 0.15) is 17.4 Å². The number of benzene rings is 1. The number of anilines is 2. The molecule has 0 aliphatic carbocycles. The molecule has 0 radical (unpaired) electrons. The first-order valence-electron chi connectivity index (χ1n) is 11.4. The van der Waals surface area contributed by atoms with E-state index >= 15 is 0 Å². The van der Waals surface area contributed by atoms with Crippen molar-refractivity contribution in [2.24, 2.45) is 0 Å². The Morgan fingerprint density at radius 2 is 1.74 bits per heavy atom. The number of aromatic amines is 1. The summed E-state index contributed by atoms with van der Waals surface area (Å²) in [5.74, 6) is -0.218. The van der Waals surface area contributed by atoms with Crippen LogP contribution in [-0.4, -0.2) is 64.5 Å². The molecule has 2 aromatic heterocycles. The van der Waals surface area contributed by atoms with Crippen molar-refractivity contribution in [2.75, 3.05) is 49.9 Å². The molecule has 180 valence electrons. The van der Waals surface area contributed by atoms with Crippen molar-refractivity contribution < 1.29 is 4.79 Å².